The first-order valence-electron chi connectivity index (χ1n) is 10.7. The molecule has 0 saturated heterocycles. The molecule has 5 rings (SSSR count). The van der Waals surface area contributed by atoms with E-state index in [0.29, 0.717) is 5.02 Å². The number of benzene rings is 3. The molecule has 0 spiro atoms. The number of anilines is 1. The normalized spacial score (nSPS) is 11.4. The Bertz CT molecular complexity index is 1370. The molecule has 0 aliphatic carbocycles. The van der Waals surface area contributed by atoms with Crippen LogP contribution >= 0.6 is 22.9 Å². The van der Waals surface area contributed by atoms with Gasteiger partial charge < -0.3 is 15.4 Å². The number of nitrogens with zero attached hydrogens (tertiary/aromatic N) is 1. The first-order valence-corrected chi connectivity index (χ1v) is 11.9. The predicted molar refractivity (Wildman–Crippen MR) is 137 cm³/mol. The zero-order valence-corrected chi connectivity index (χ0v) is 19.4. The molecule has 0 unspecified atom stereocenters. The number of aromatic nitrogens is 1. The summed E-state index contributed by atoms with van der Waals surface area (Å²) in [6, 6.07) is 22.6. The second kappa shape index (κ2) is 9.33. The lowest BCUT2D eigenvalue weighted by Gasteiger charge is -2.14. The summed E-state index contributed by atoms with van der Waals surface area (Å²) in [7, 11) is 1.69. The lowest BCUT2D eigenvalue weighted by molar-refractivity contribution is 0.415. The largest absolute Gasteiger partial charge is 0.497 e. The summed E-state index contributed by atoms with van der Waals surface area (Å²) in [4.78, 5) is 6.16. The number of halogens is 1. The molecule has 4 nitrogen and oxygen atoms in total. The summed E-state index contributed by atoms with van der Waals surface area (Å²) in [5.74, 6) is 0.820. The van der Waals surface area contributed by atoms with Gasteiger partial charge in [0.2, 0.25) is 0 Å². The van der Waals surface area contributed by atoms with E-state index in [-0.39, 0.29) is 0 Å². The minimum Gasteiger partial charge on any atom is -0.497 e. The molecule has 3 aromatic carbocycles. The average Bonchev–Trinajstić information content (AvgIpc) is 3.23. The summed E-state index contributed by atoms with van der Waals surface area (Å²) < 4.78 is 6.79. The van der Waals surface area contributed by atoms with Crippen LogP contribution in [0, 0.1) is 0 Å². The molecule has 2 heterocycles. The number of rotatable bonds is 8. The molecule has 2 N–H and O–H groups in total. The molecule has 0 radical (unpaired) electrons. The number of fused-ring (bicyclic) bond motifs is 3. The molecule has 32 heavy (non-hydrogen) atoms. The van der Waals surface area contributed by atoms with E-state index in [1.165, 1.54) is 15.0 Å². The third kappa shape index (κ3) is 4.37. The molecule has 0 fully saturated rings. The molecule has 0 atom stereocenters. The maximum Gasteiger partial charge on any atom is 0.119 e. The Balaban J connectivity index is 1.27. The first-order chi connectivity index (χ1) is 15.7. The van der Waals surface area contributed by atoms with Gasteiger partial charge in [0.05, 0.1) is 23.8 Å². The van der Waals surface area contributed by atoms with E-state index in [0.717, 1.165) is 59.3 Å². The van der Waals surface area contributed by atoms with Crippen molar-refractivity contribution in [3.63, 3.8) is 0 Å². The standard InChI is InChI=1S/C26H24ClN3OS/c1-31-19-8-10-23-22(15-19)26(21-9-7-18(27)14-24(21)30-23)29-12-4-11-28-16-20-13-17-5-2-3-6-25(17)32-20/h2-3,5-10,13-15,28H,4,11-12,16H2,1H3,(H,29,30). The van der Waals surface area contributed by atoms with E-state index >= 15 is 0 Å². The molecular formula is C26H24ClN3OS. The van der Waals surface area contributed by atoms with Crippen LogP contribution in [0.15, 0.2) is 66.7 Å². The highest BCUT2D eigenvalue weighted by molar-refractivity contribution is 7.19. The molecule has 162 valence electrons. The van der Waals surface area contributed by atoms with Crippen LogP contribution in [0.25, 0.3) is 31.9 Å². The van der Waals surface area contributed by atoms with Crippen molar-refractivity contribution in [2.45, 2.75) is 13.0 Å². The van der Waals surface area contributed by atoms with Crippen LogP contribution < -0.4 is 15.4 Å². The number of hydrogen-bond acceptors (Lipinski definition) is 5. The van der Waals surface area contributed by atoms with Gasteiger partial charge in [0.1, 0.15) is 5.75 Å². The Morgan fingerprint density at radius 1 is 0.938 bits per heavy atom. The third-order valence-corrected chi connectivity index (χ3v) is 6.90. The van der Waals surface area contributed by atoms with Crippen molar-refractivity contribution >= 4 is 60.5 Å². The van der Waals surface area contributed by atoms with Crippen LogP contribution in [0.2, 0.25) is 5.02 Å². The Morgan fingerprint density at radius 3 is 2.72 bits per heavy atom. The van der Waals surface area contributed by atoms with Crippen LogP contribution in [0.3, 0.4) is 0 Å². The lowest BCUT2D eigenvalue weighted by Crippen LogP contribution is -2.17. The van der Waals surface area contributed by atoms with E-state index in [2.05, 4.69) is 41.0 Å². The van der Waals surface area contributed by atoms with Crippen molar-refractivity contribution in [3.05, 3.63) is 76.6 Å². The van der Waals surface area contributed by atoms with Crippen molar-refractivity contribution < 1.29 is 4.74 Å². The van der Waals surface area contributed by atoms with Crippen molar-refractivity contribution in [3.8, 4) is 5.75 Å². The smallest absolute Gasteiger partial charge is 0.119 e. The highest BCUT2D eigenvalue weighted by atomic mass is 35.5. The molecule has 6 heteroatoms. The Kier molecular flexibility index (Phi) is 6.12. The molecule has 0 bridgehead atoms. The second-order valence-electron chi connectivity index (χ2n) is 7.74. The van der Waals surface area contributed by atoms with Crippen LogP contribution in [-0.4, -0.2) is 25.2 Å². The minimum atomic E-state index is 0.689. The summed E-state index contributed by atoms with van der Waals surface area (Å²) in [5.41, 5.74) is 2.89. The van der Waals surface area contributed by atoms with E-state index in [1.807, 2.05) is 47.7 Å². The van der Waals surface area contributed by atoms with E-state index < -0.39 is 0 Å². The van der Waals surface area contributed by atoms with E-state index in [1.54, 1.807) is 7.11 Å². The number of ether oxygens (including phenoxy) is 1. The highest BCUT2D eigenvalue weighted by Crippen LogP contribution is 2.34. The van der Waals surface area contributed by atoms with E-state index in [4.69, 9.17) is 21.3 Å². The van der Waals surface area contributed by atoms with Gasteiger partial charge in [-0.25, -0.2) is 4.98 Å². The molecular weight excluding hydrogens is 438 g/mol. The monoisotopic (exact) mass is 461 g/mol. The molecule has 2 aromatic heterocycles. The molecule has 5 aromatic rings. The summed E-state index contributed by atoms with van der Waals surface area (Å²) >= 11 is 8.08. The van der Waals surface area contributed by atoms with Crippen LogP contribution in [0.5, 0.6) is 5.75 Å². The van der Waals surface area contributed by atoms with Crippen molar-refractivity contribution in [1.29, 1.82) is 0 Å². The van der Waals surface area contributed by atoms with Crippen LogP contribution in [0.4, 0.5) is 5.69 Å². The average molecular weight is 462 g/mol. The molecule has 0 saturated carbocycles. The van der Waals surface area contributed by atoms with Gasteiger partial charge >= 0.3 is 0 Å². The van der Waals surface area contributed by atoms with Crippen molar-refractivity contribution in [2.75, 3.05) is 25.5 Å². The summed E-state index contributed by atoms with van der Waals surface area (Å²) in [5, 5.41) is 11.3. The number of pyridine rings is 1. The summed E-state index contributed by atoms with van der Waals surface area (Å²) in [6.07, 6.45) is 1.01. The fraction of sp³-hybridized carbons (Fsp3) is 0.192. The zero-order chi connectivity index (χ0) is 21.9. The van der Waals surface area contributed by atoms with Crippen molar-refractivity contribution in [2.24, 2.45) is 0 Å². The van der Waals surface area contributed by atoms with Gasteiger partial charge in [-0.15, -0.1) is 11.3 Å². The SMILES string of the molecule is COc1ccc2nc3cc(Cl)ccc3c(NCCCNCc3cc4ccccc4s3)c2c1. The van der Waals surface area contributed by atoms with Gasteiger partial charge in [-0.2, -0.15) is 0 Å². The minimum absolute atomic E-state index is 0.689. The zero-order valence-electron chi connectivity index (χ0n) is 17.8. The maximum atomic E-state index is 6.22. The fourth-order valence-corrected chi connectivity index (χ4v) is 5.18. The van der Waals surface area contributed by atoms with E-state index in [9.17, 15) is 0 Å². The quantitative estimate of drug-likeness (QED) is 0.196. The van der Waals surface area contributed by atoms with Crippen LogP contribution in [0.1, 0.15) is 11.3 Å². The summed E-state index contributed by atoms with van der Waals surface area (Å²) in [6.45, 7) is 2.70. The highest BCUT2D eigenvalue weighted by Gasteiger charge is 2.11. The maximum absolute atomic E-state index is 6.22. The first kappa shape index (κ1) is 21.0. The molecule has 0 aliphatic rings. The fourth-order valence-electron chi connectivity index (χ4n) is 3.98. The predicted octanol–water partition coefficient (Wildman–Crippen LogP) is 6.86. The second-order valence-corrected chi connectivity index (χ2v) is 9.34. The van der Waals surface area contributed by atoms with Gasteiger partial charge in [-0.05, 0) is 66.9 Å². The number of nitrogens with one attached hydrogen (secondary N) is 2. The Morgan fingerprint density at radius 2 is 1.84 bits per heavy atom. The van der Waals surface area contributed by atoms with Gasteiger partial charge in [-0.1, -0.05) is 29.8 Å². The Labute approximate surface area is 196 Å². The van der Waals surface area contributed by atoms with Gasteiger partial charge in [0.25, 0.3) is 0 Å². The molecule has 0 amide bonds. The lowest BCUT2D eigenvalue weighted by atomic mass is 10.1. The third-order valence-electron chi connectivity index (χ3n) is 5.55. The molecule has 0 aliphatic heterocycles. The number of thiophene rings is 1. The van der Waals surface area contributed by atoms with Gasteiger partial charge in [0.15, 0.2) is 0 Å². The van der Waals surface area contributed by atoms with Gasteiger partial charge in [0, 0.05) is 38.5 Å². The van der Waals surface area contributed by atoms with Crippen LogP contribution in [-0.2, 0) is 6.54 Å². The number of hydrogen-bond donors (Lipinski definition) is 2. The Hall–Kier alpha value is -2.86. The topological polar surface area (TPSA) is 46.2 Å². The number of methoxy groups -OCH3 is 1. The van der Waals surface area contributed by atoms with Crippen molar-refractivity contribution in [1.82, 2.24) is 10.3 Å². The van der Waals surface area contributed by atoms with Gasteiger partial charge in [-0.3, -0.25) is 0 Å².